The van der Waals surface area contributed by atoms with Gasteiger partial charge < -0.3 is 9.47 Å². The highest BCUT2D eigenvalue weighted by Gasteiger charge is 2.09. The molecule has 2 nitrogen and oxygen atoms in total. The van der Waals surface area contributed by atoms with Gasteiger partial charge in [-0.1, -0.05) is 65.1 Å². The summed E-state index contributed by atoms with van der Waals surface area (Å²) in [6, 6.07) is 13.5. The zero-order chi connectivity index (χ0) is 15.9. The summed E-state index contributed by atoms with van der Waals surface area (Å²) >= 11 is 17.3. The first-order valence-corrected chi connectivity index (χ1v) is 7.80. The number of ether oxygens (including phenoxy) is 2. The molecule has 0 fully saturated rings. The molecule has 0 saturated heterocycles. The van der Waals surface area contributed by atoms with Gasteiger partial charge in [0, 0.05) is 6.07 Å². The van der Waals surface area contributed by atoms with Gasteiger partial charge in [0.2, 0.25) is 0 Å². The zero-order valence-electron chi connectivity index (χ0n) is 12.0. The molecule has 2 aromatic rings. The highest BCUT2D eigenvalue weighted by atomic mass is 35.5. The van der Waals surface area contributed by atoms with Crippen molar-refractivity contribution in [2.45, 2.75) is 13.5 Å². The molecular formula is C17H15Cl3O2. The van der Waals surface area contributed by atoms with E-state index in [1.54, 1.807) is 12.1 Å². The first-order chi connectivity index (χ1) is 10.6. The average molecular weight is 358 g/mol. The number of halogens is 3. The molecule has 0 saturated carbocycles. The summed E-state index contributed by atoms with van der Waals surface area (Å²) < 4.78 is 11.5. The van der Waals surface area contributed by atoms with E-state index in [-0.39, 0.29) is 11.1 Å². The Morgan fingerprint density at radius 2 is 1.82 bits per heavy atom. The van der Waals surface area contributed by atoms with Gasteiger partial charge in [-0.15, -0.1) is 0 Å². The van der Waals surface area contributed by atoms with Crippen LogP contribution in [0, 0.1) is 6.92 Å². The Hall–Kier alpha value is -1.35. The van der Waals surface area contributed by atoms with Gasteiger partial charge in [0.05, 0.1) is 5.02 Å². The minimum Gasteiger partial charge on any atom is -0.489 e. The van der Waals surface area contributed by atoms with Crippen LogP contribution in [0.1, 0.15) is 11.1 Å². The van der Waals surface area contributed by atoms with E-state index in [1.165, 1.54) is 0 Å². The average Bonchev–Trinajstić information content (AvgIpc) is 2.47. The van der Waals surface area contributed by atoms with Gasteiger partial charge in [0.1, 0.15) is 29.2 Å². The second-order valence-corrected chi connectivity index (χ2v) is 6.05. The first-order valence-electron chi connectivity index (χ1n) is 6.67. The van der Waals surface area contributed by atoms with Crippen LogP contribution in [0.4, 0.5) is 0 Å². The predicted octanol–water partition coefficient (Wildman–Crippen LogP) is 5.93. The van der Waals surface area contributed by atoms with E-state index in [9.17, 15) is 0 Å². The molecule has 0 radical (unpaired) electrons. The molecule has 0 bridgehead atoms. The number of benzene rings is 2. The predicted molar refractivity (Wildman–Crippen MR) is 92.2 cm³/mol. The van der Waals surface area contributed by atoms with Crippen LogP contribution in [0.2, 0.25) is 5.02 Å². The minimum absolute atomic E-state index is 0.172. The molecule has 0 aromatic heterocycles. The normalized spacial score (nSPS) is 10.2. The Kier molecular flexibility index (Phi) is 6.44. The lowest BCUT2D eigenvalue weighted by Gasteiger charge is -2.13. The van der Waals surface area contributed by atoms with Crippen LogP contribution in [0.5, 0.6) is 11.5 Å². The van der Waals surface area contributed by atoms with Gasteiger partial charge in [0.15, 0.2) is 0 Å². The van der Waals surface area contributed by atoms with E-state index in [2.05, 4.69) is 0 Å². The third-order valence-corrected chi connectivity index (χ3v) is 3.51. The van der Waals surface area contributed by atoms with Crippen molar-refractivity contribution in [3.8, 4) is 11.5 Å². The molecule has 0 aliphatic heterocycles. The number of hydrogen-bond donors (Lipinski definition) is 0. The van der Waals surface area contributed by atoms with E-state index in [0.29, 0.717) is 23.1 Å². The number of aryl methyl sites for hydroxylation is 1. The molecule has 2 aromatic carbocycles. The van der Waals surface area contributed by atoms with Crippen molar-refractivity contribution in [2.75, 3.05) is 6.61 Å². The summed E-state index contributed by atoms with van der Waals surface area (Å²) in [5.74, 6) is 1.30. The molecule has 2 rings (SSSR count). The summed E-state index contributed by atoms with van der Waals surface area (Å²) in [4.78, 5) is 0. The molecule has 0 N–H and O–H groups in total. The topological polar surface area (TPSA) is 18.5 Å². The fourth-order valence-electron chi connectivity index (χ4n) is 1.90. The molecule has 0 amide bonds. The van der Waals surface area contributed by atoms with Gasteiger partial charge in [-0.05, 0) is 30.2 Å². The lowest BCUT2D eigenvalue weighted by Crippen LogP contribution is -1.99. The lowest BCUT2D eigenvalue weighted by molar-refractivity contribution is 0.303. The van der Waals surface area contributed by atoms with E-state index in [1.807, 2.05) is 43.3 Å². The van der Waals surface area contributed by atoms with Crippen LogP contribution in [-0.4, -0.2) is 6.61 Å². The quantitative estimate of drug-likeness (QED) is 0.638. The van der Waals surface area contributed by atoms with Gasteiger partial charge >= 0.3 is 0 Å². The maximum atomic E-state index is 6.27. The second kappa shape index (κ2) is 8.33. The molecule has 0 aliphatic rings. The smallest absolute Gasteiger partial charge is 0.141 e. The maximum absolute atomic E-state index is 6.27. The van der Waals surface area contributed by atoms with Crippen molar-refractivity contribution in [3.63, 3.8) is 0 Å². The van der Waals surface area contributed by atoms with Crippen molar-refractivity contribution in [2.24, 2.45) is 0 Å². The molecular weight excluding hydrogens is 343 g/mol. The first kappa shape index (κ1) is 17.0. The van der Waals surface area contributed by atoms with Crippen molar-refractivity contribution in [1.82, 2.24) is 0 Å². The van der Waals surface area contributed by atoms with Gasteiger partial charge in [-0.2, -0.15) is 0 Å². The van der Waals surface area contributed by atoms with Crippen molar-refractivity contribution >= 4 is 34.8 Å². The van der Waals surface area contributed by atoms with Crippen LogP contribution >= 0.6 is 34.8 Å². The maximum Gasteiger partial charge on any atom is 0.141 e. The molecule has 116 valence electrons. The summed E-state index contributed by atoms with van der Waals surface area (Å²) in [6.07, 6.45) is 1.56. The van der Waals surface area contributed by atoms with Gasteiger partial charge in [-0.3, -0.25) is 0 Å². The van der Waals surface area contributed by atoms with Crippen LogP contribution in [0.25, 0.3) is 0 Å². The Balaban J connectivity index is 2.05. The molecule has 0 unspecified atom stereocenters. The largest absolute Gasteiger partial charge is 0.489 e. The zero-order valence-corrected chi connectivity index (χ0v) is 14.3. The highest BCUT2D eigenvalue weighted by Crippen LogP contribution is 2.33. The molecule has 0 atom stereocenters. The second-order valence-electron chi connectivity index (χ2n) is 4.63. The molecule has 22 heavy (non-hydrogen) atoms. The summed E-state index contributed by atoms with van der Waals surface area (Å²) in [5.41, 5.74) is 1.99. The fourth-order valence-corrected chi connectivity index (χ4v) is 2.33. The number of hydrogen-bond acceptors (Lipinski definition) is 2. The standard InChI is InChI=1S/C17H15Cl3O2/c1-12-9-14(21-8-7-16(19)20)10-15(18)17(12)22-11-13-5-3-2-4-6-13/h2-7,9-10H,8,11H2,1H3. The lowest BCUT2D eigenvalue weighted by atomic mass is 10.2. The van der Waals surface area contributed by atoms with Crippen molar-refractivity contribution < 1.29 is 9.47 Å². The summed E-state index contributed by atoms with van der Waals surface area (Å²) in [6.45, 7) is 2.66. The van der Waals surface area contributed by atoms with E-state index in [0.717, 1.165) is 11.1 Å². The monoisotopic (exact) mass is 356 g/mol. The number of rotatable bonds is 6. The van der Waals surface area contributed by atoms with Gasteiger partial charge in [-0.25, -0.2) is 0 Å². The fraction of sp³-hybridized carbons (Fsp3) is 0.176. The van der Waals surface area contributed by atoms with Crippen LogP contribution in [-0.2, 0) is 6.61 Å². The van der Waals surface area contributed by atoms with E-state index >= 15 is 0 Å². The van der Waals surface area contributed by atoms with Crippen molar-refractivity contribution in [1.29, 1.82) is 0 Å². The SMILES string of the molecule is Cc1cc(OCC=C(Cl)Cl)cc(Cl)c1OCc1ccccc1. The third-order valence-electron chi connectivity index (χ3n) is 2.92. The molecule has 5 heteroatoms. The Morgan fingerprint density at radius 3 is 2.45 bits per heavy atom. The van der Waals surface area contributed by atoms with E-state index in [4.69, 9.17) is 44.3 Å². The van der Waals surface area contributed by atoms with E-state index < -0.39 is 0 Å². The molecule has 0 heterocycles. The van der Waals surface area contributed by atoms with Crippen LogP contribution in [0.3, 0.4) is 0 Å². The minimum atomic E-state index is 0.172. The Bertz CT molecular complexity index is 627. The van der Waals surface area contributed by atoms with Crippen molar-refractivity contribution in [3.05, 3.63) is 69.2 Å². The van der Waals surface area contributed by atoms with Gasteiger partial charge in [0.25, 0.3) is 0 Å². The summed E-state index contributed by atoms with van der Waals surface area (Å²) in [7, 11) is 0. The summed E-state index contributed by atoms with van der Waals surface area (Å²) in [5, 5.41) is 0.506. The third kappa shape index (κ3) is 5.13. The van der Waals surface area contributed by atoms with Crippen LogP contribution in [0.15, 0.2) is 53.0 Å². The Morgan fingerprint density at radius 1 is 1.09 bits per heavy atom. The molecule has 0 spiro atoms. The molecule has 0 aliphatic carbocycles. The Labute approximate surface area is 145 Å². The highest BCUT2D eigenvalue weighted by molar-refractivity contribution is 6.55. The van der Waals surface area contributed by atoms with Crippen LogP contribution < -0.4 is 9.47 Å².